The first-order valence-corrected chi connectivity index (χ1v) is 11.0. The molecule has 29 heavy (non-hydrogen) atoms. The number of rotatable bonds is 7. The summed E-state index contributed by atoms with van der Waals surface area (Å²) >= 11 is 1.79. The monoisotopic (exact) mass is 409 g/mol. The van der Waals surface area contributed by atoms with Gasteiger partial charge in [-0.3, -0.25) is 9.69 Å². The fraction of sp³-hybridized carbons (Fsp3) is 0.391. The maximum Gasteiger partial charge on any atom is 0.236 e. The van der Waals surface area contributed by atoms with E-state index in [-0.39, 0.29) is 5.91 Å². The Labute approximate surface area is 175 Å². The SMILES string of the molecule is CN(CCOc1ccccc1)CC(=O)N1CCC(c2nc3ccccc3s2)CC1. The molecular formula is C23H27N3O2S. The number of thiazole rings is 1. The van der Waals surface area contributed by atoms with Gasteiger partial charge in [-0.1, -0.05) is 30.3 Å². The van der Waals surface area contributed by atoms with Crippen molar-refractivity contribution in [1.82, 2.24) is 14.8 Å². The summed E-state index contributed by atoms with van der Waals surface area (Å²) in [6, 6.07) is 18.1. The van der Waals surface area contributed by atoms with Crippen molar-refractivity contribution >= 4 is 27.5 Å². The van der Waals surface area contributed by atoms with E-state index in [1.807, 2.05) is 53.2 Å². The smallest absolute Gasteiger partial charge is 0.236 e. The van der Waals surface area contributed by atoms with Crippen LogP contribution in [-0.2, 0) is 4.79 Å². The van der Waals surface area contributed by atoms with Gasteiger partial charge < -0.3 is 9.64 Å². The number of benzene rings is 2. The molecule has 4 rings (SSSR count). The van der Waals surface area contributed by atoms with Crippen molar-refractivity contribution in [3.63, 3.8) is 0 Å². The first-order chi connectivity index (χ1) is 14.2. The van der Waals surface area contributed by atoms with Gasteiger partial charge in [0, 0.05) is 25.6 Å². The van der Waals surface area contributed by atoms with Gasteiger partial charge in [-0.15, -0.1) is 11.3 Å². The van der Waals surface area contributed by atoms with Crippen molar-refractivity contribution in [2.24, 2.45) is 0 Å². The maximum absolute atomic E-state index is 12.7. The predicted molar refractivity (Wildman–Crippen MR) is 118 cm³/mol. The minimum absolute atomic E-state index is 0.204. The molecule has 3 aromatic rings. The summed E-state index contributed by atoms with van der Waals surface area (Å²) in [5, 5.41) is 1.22. The fourth-order valence-electron chi connectivity index (χ4n) is 3.69. The summed E-state index contributed by atoms with van der Waals surface area (Å²) in [6.07, 6.45) is 1.98. The highest BCUT2D eigenvalue weighted by Crippen LogP contribution is 2.33. The van der Waals surface area contributed by atoms with E-state index >= 15 is 0 Å². The third-order valence-corrected chi connectivity index (χ3v) is 6.60. The molecule has 0 radical (unpaired) electrons. The molecule has 1 aromatic heterocycles. The molecule has 0 unspecified atom stereocenters. The molecule has 2 heterocycles. The second-order valence-electron chi connectivity index (χ2n) is 7.57. The average Bonchev–Trinajstić information content (AvgIpc) is 3.19. The lowest BCUT2D eigenvalue weighted by atomic mass is 9.97. The van der Waals surface area contributed by atoms with Crippen molar-refractivity contribution in [2.75, 3.05) is 39.8 Å². The van der Waals surface area contributed by atoms with Crippen LogP contribution in [0.4, 0.5) is 0 Å². The number of carbonyl (C=O) groups excluding carboxylic acids is 1. The van der Waals surface area contributed by atoms with Gasteiger partial charge in [0.05, 0.1) is 21.8 Å². The fourth-order valence-corrected chi connectivity index (χ4v) is 4.82. The van der Waals surface area contributed by atoms with Crippen molar-refractivity contribution < 1.29 is 9.53 Å². The molecule has 0 N–H and O–H groups in total. The van der Waals surface area contributed by atoms with Crippen LogP contribution in [0.3, 0.4) is 0 Å². The molecule has 1 amide bonds. The van der Waals surface area contributed by atoms with Crippen molar-refractivity contribution in [1.29, 1.82) is 0 Å². The van der Waals surface area contributed by atoms with Crippen LogP contribution in [0.15, 0.2) is 54.6 Å². The normalized spacial score (nSPS) is 15.2. The van der Waals surface area contributed by atoms with Crippen molar-refractivity contribution in [2.45, 2.75) is 18.8 Å². The lowest BCUT2D eigenvalue weighted by Gasteiger charge is -2.32. The molecule has 0 atom stereocenters. The number of nitrogens with zero attached hydrogens (tertiary/aromatic N) is 3. The van der Waals surface area contributed by atoms with Crippen molar-refractivity contribution in [3.8, 4) is 5.75 Å². The van der Waals surface area contributed by atoms with Crippen LogP contribution in [0.5, 0.6) is 5.75 Å². The first kappa shape index (κ1) is 19.9. The number of hydrogen-bond donors (Lipinski definition) is 0. The number of likely N-dealkylation sites (N-methyl/N-ethyl adjacent to an activating group) is 1. The van der Waals surface area contributed by atoms with Crippen LogP contribution < -0.4 is 4.74 Å². The molecule has 1 aliphatic rings. The molecule has 0 bridgehead atoms. The van der Waals surface area contributed by atoms with E-state index < -0.39 is 0 Å². The average molecular weight is 410 g/mol. The summed E-state index contributed by atoms with van der Waals surface area (Å²) in [6.45, 7) is 3.36. The Hall–Kier alpha value is -2.44. The number of amides is 1. The Balaban J connectivity index is 1.21. The minimum Gasteiger partial charge on any atom is -0.492 e. The van der Waals surface area contributed by atoms with Crippen LogP contribution in [-0.4, -0.2) is 60.5 Å². The van der Waals surface area contributed by atoms with Crippen LogP contribution in [0, 0.1) is 0 Å². The highest BCUT2D eigenvalue weighted by Gasteiger charge is 2.26. The number of hydrogen-bond acceptors (Lipinski definition) is 5. The lowest BCUT2D eigenvalue weighted by molar-refractivity contribution is -0.133. The summed E-state index contributed by atoms with van der Waals surface area (Å²) in [7, 11) is 1.97. The zero-order chi connectivity index (χ0) is 20.1. The van der Waals surface area contributed by atoms with Crippen LogP contribution in [0.1, 0.15) is 23.8 Å². The Kier molecular flexibility index (Phi) is 6.42. The second-order valence-corrected chi connectivity index (χ2v) is 8.64. The molecule has 6 heteroatoms. The standard InChI is InChI=1S/C23H27N3O2S/c1-25(15-16-28-19-7-3-2-4-8-19)17-22(27)26-13-11-18(12-14-26)23-24-20-9-5-6-10-21(20)29-23/h2-10,18H,11-17H2,1H3. The number of likely N-dealkylation sites (tertiary alicyclic amines) is 1. The highest BCUT2D eigenvalue weighted by atomic mass is 32.1. The number of para-hydroxylation sites is 2. The summed E-state index contributed by atoms with van der Waals surface area (Å²) in [5.41, 5.74) is 1.09. The van der Waals surface area contributed by atoms with E-state index in [0.717, 1.165) is 43.7 Å². The van der Waals surface area contributed by atoms with Crippen LogP contribution >= 0.6 is 11.3 Å². The second kappa shape index (κ2) is 9.37. The van der Waals surface area contributed by atoms with E-state index in [2.05, 4.69) is 18.2 Å². The van der Waals surface area contributed by atoms with Gasteiger partial charge in [0.1, 0.15) is 12.4 Å². The zero-order valence-electron chi connectivity index (χ0n) is 16.8. The Morgan fingerprint density at radius 3 is 2.62 bits per heavy atom. The van der Waals surface area contributed by atoms with Gasteiger partial charge in [-0.2, -0.15) is 0 Å². The largest absolute Gasteiger partial charge is 0.492 e. The summed E-state index contributed by atoms with van der Waals surface area (Å²) < 4.78 is 6.97. The van der Waals surface area contributed by atoms with E-state index in [9.17, 15) is 4.79 Å². The number of fused-ring (bicyclic) bond motifs is 1. The number of ether oxygens (including phenoxy) is 1. The van der Waals surface area contributed by atoms with E-state index in [0.29, 0.717) is 19.1 Å². The predicted octanol–water partition coefficient (Wildman–Crippen LogP) is 4.01. The van der Waals surface area contributed by atoms with E-state index in [1.165, 1.54) is 9.71 Å². The first-order valence-electron chi connectivity index (χ1n) is 10.2. The minimum atomic E-state index is 0.204. The molecule has 1 saturated heterocycles. The summed E-state index contributed by atoms with van der Waals surface area (Å²) in [4.78, 5) is 21.5. The van der Waals surface area contributed by atoms with Gasteiger partial charge >= 0.3 is 0 Å². The number of carbonyl (C=O) groups is 1. The zero-order valence-corrected chi connectivity index (χ0v) is 17.6. The van der Waals surface area contributed by atoms with Gasteiger partial charge in [-0.05, 0) is 44.2 Å². The van der Waals surface area contributed by atoms with Gasteiger partial charge in [-0.25, -0.2) is 4.98 Å². The number of aromatic nitrogens is 1. The molecule has 152 valence electrons. The molecule has 0 spiro atoms. The topological polar surface area (TPSA) is 45.7 Å². The van der Waals surface area contributed by atoms with E-state index in [4.69, 9.17) is 9.72 Å². The van der Waals surface area contributed by atoms with Gasteiger partial charge in [0.2, 0.25) is 5.91 Å². The molecule has 1 aliphatic heterocycles. The maximum atomic E-state index is 12.7. The molecule has 2 aromatic carbocycles. The highest BCUT2D eigenvalue weighted by molar-refractivity contribution is 7.18. The van der Waals surface area contributed by atoms with Crippen molar-refractivity contribution in [3.05, 3.63) is 59.6 Å². The Morgan fingerprint density at radius 2 is 1.86 bits per heavy atom. The van der Waals surface area contributed by atoms with Gasteiger partial charge in [0.25, 0.3) is 0 Å². The van der Waals surface area contributed by atoms with E-state index in [1.54, 1.807) is 11.3 Å². The molecule has 0 aliphatic carbocycles. The third-order valence-electron chi connectivity index (χ3n) is 5.40. The quantitative estimate of drug-likeness (QED) is 0.591. The summed E-state index contributed by atoms with van der Waals surface area (Å²) in [5.74, 6) is 1.53. The number of piperidine rings is 1. The molecule has 5 nitrogen and oxygen atoms in total. The molecule has 0 saturated carbocycles. The Morgan fingerprint density at radius 1 is 1.14 bits per heavy atom. The molecule has 1 fully saturated rings. The lowest BCUT2D eigenvalue weighted by Crippen LogP contribution is -2.43. The van der Waals surface area contributed by atoms with Crippen LogP contribution in [0.25, 0.3) is 10.2 Å². The Bertz CT molecular complexity index is 902. The third kappa shape index (κ3) is 5.14. The van der Waals surface area contributed by atoms with Gasteiger partial charge in [0.15, 0.2) is 0 Å². The molecular weight excluding hydrogens is 382 g/mol. The van der Waals surface area contributed by atoms with Crippen LogP contribution in [0.2, 0.25) is 0 Å².